The van der Waals surface area contributed by atoms with Crippen LogP contribution in [-0.4, -0.2) is 33.8 Å². The third kappa shape index (κ3) is 1.98. The predicted molar refractivity (Wildman–Crippen MR) is 71.3 cm³/mol. The molecule has 1 aliphatic carbocycles. The van der Waals surface area contributed by atoms with E-state index in [0.29, 0.717) is 11.6 Å². The molecular formula is C12H18N6. The molecule has 0 bridgehead atoms. The van der Waals surface area contributed by atoms with Gasteiger partial charge in [-0.15, -0.1) is 0 Å². The zero-order chi connectivity index (χ0) is 12.5. The first-order chi connectivity index (χ1) is 8.74. The minimum absolute atomic E-state index is 0.292. The van der Waals surface area contributed by atoms with Gasteiger partial charge in [-0.3, -0.25) is 5.10 Å². The van der Waals surface area contributed by atoms with Crippen LogP contribution in [-0.2, 0) is 0 Å². The Labute approximate surface area is 106 Å². The first-order valence-electron chi connectivity index (χ1n) is 6.42. The van der Waals surface area contributed by atoms with Gasteiger partial charge in [-0.05, 0) is 18.8 Å². The van der Waals surface area contributed by atoms with Gasteiger partial charge in [0.25, 0.3) is 0 Å². The largest absolute Gasteiger partial charge is 0.368 e. The molecule has 1 aliphatic rings. The molecule has 0 amide bonds. The van der Waals surface area contributed by atoms with Crippen LogP contribution in [0.3, 0.4) is 0 Å². The van der Waals surface area contributed by atoms with Gasteiger partial charge in [0.2, 0.25) is 5.95 Å². The Hall–Kier alpha value is -1.85. The number of aromatic nitrogens is 4. The molecule has 0 radical (unpaired) electrons. The van der Waals surface area contributed by atoms with Crippen molar-refractivity contribution in [2.24, 2.45) is 5.92 Å². The summed E-state index contributed by atoms with van der Waals surface area (Å²) in [6.45, 7) is 1.02. The van der Waals surface area contributed by atoms with Gasteiger partial charge < -0.3 is 10.6 Å². The molecule has 3 N–H and O–H groups in total. The Bertz CT molecular complexity index is 542. The summed E-state index contributed by atoms with van der Waals surface area (Å²) in [5.74, 6) is 1.94. The number of H-pyrrole nitrogens is 1. The molecule has 2 aromatic rings. The first-order valence-corrected chi connectivity index (χ1v) is 6.42. The van der Waals surface area contributed by atoms with Crippen LogP contribution in [0, 0.1) is 5.92 Å². The first kappa shape index (κ1) is 11.3. The van der Waals surface area contributed by atoms with Crippen molar-refractivity contribution in [3.8, 4) is 0 Å². The second-order valence-electron chi connectivity index (χ2n) is 5.07. The number of nitrogens with zero attached hydrogens (tertiary/aromatic N) is 4. The number of fused-ring (bicyclic) bond motifs is 1. The quantitative estimate of drug-likeness (QED) is 0.858. The summed E-state index contributed by atoms with van der Waals surface area (Å²) in [5, 5.41) is 7.78. The average Bonchev–Trinajstić information content (AvgIpc) is 2.97. The van der Waals surface area contributed by atoms with Crippen molar-refractivity contribution in [1.82, 2.24) is 20.2 Å². The second-order valence-corrected chi connectivity index (χ2v) is 5.07. The number of aromatic amines is 1. The molecule has 0 unspecified atom stereocenters. The van der Waals surface area contributed by atoms with Gasteiger partial charge in [0.15, 0.2) is 5.65 Å². The van der Waals surface area contributed by atoms with E-state index < -0.39 is 0 Å². The molecule has 0 atom stereocenters. The lowest BCUT2D eigenvalue weighted by molar-refractivity contribution is 0.545. The Morgan fingerprint density at radius 3 is 2.94 bits per heavy atom. The Morgan fingerprint density at radius 2 is 2.17 bits per heavy atom. The molecule has 1 fully saturated rings. The molecule has 0 saturated heterocycles. The SMILES string of the molecule is CN(CC1CCCC1)c1nc(N)nc2[nH]ncc12. The van der Waals surface area contributed by atoms with Gasteiger partial charge in [0, 0.05) is 13.6 Å². The predicted octanol–water partition coefficient (Wildman–Crippen LogP) is 1.56. The summed E-state index contributed by atoms with van der Waals surface area (Å²) < 4.78 is 0. The van der Waals surface area contributed by atoms with E-state index in [9.17, 15) is 0 Å². The molecule has 6 heteroatoms. The van der Waals surface area contributed by atoms with Crippen molar-refractivity contribution in [3.05, 3.63) is 6.20 Å². The normalized spacial score (nSPS) is 16.5. The topological polar surface area (TPSA) is 83.7 Å². The summed E-state index contributed by atoms with van der Waals surface area (Å²) in [4.78, 5) is 10.7. The van der Waals surface area contributed by atoms with Gasteiger partial charge in [-0.25, -0.2) is 0 Å². The van der Waals surface area contributed by atoms with Crippen LogP contribution in [0.2, 0.25) is 0 Å². The fourth-order valence-electron chi connectivity index (χ4n) is 2.79. The van der Waals surface area contributed by atoms with E-state index >= 15 is 0 Å². The summed E-state index contributed by atoms with van der Waals surface area (Å²) in [7, 11) is 2.06. The smallest absolute Gasteiger partial charge is 0.224 e. The molecule has 1 saturated carbocycles. The van der Waals surface area contributed by atoms with Crippen molar-refractivity contribution in [2.75, 3.05) is 24.2 Å². The van der Waals surface area contributed by atoms with E-state index in [4.69, 9.17) is 5.73 Å². The van der Waals surface area contributed by atoms with E-state index in [-0.39, 0.29) is 0 Å². The maximum Gasteiger partial charge on any atom is 0.224 e. The number of rotatable bonds is 3. The highest BCUT2D eigenvalue weighted by molar-refractivity contribution is 5.87. The fraction of sp³-hybridized carbons (Fsp3) is 0.583. The van der Waals surface area contributed by atoms with E-state index in [1.165, 1.54) is 25.7 Å². The Balaban J connectivity index is 1.89. The maximum absolute atomic E-state index is 5.73. The summed E-state index contributed by atoms with van der Waals surface area (Å²) in [5.41, 5.74) is 6.44. The molecule has 2 heterocycles. The zero-order valence-corrected chi connectivity index (χ0v) is 10.6. The van der Waals surface area contributed by atoms with Crippen molar-refractivity contribution in [3.63, 3.8) is 0 Å². The maximum atomic E-state index is 5.73. The standard InChI is InChI=1S/C12H18N6/c1-18(7-8-4-2-3-5-8)11-9-6-14-17-10(9)15-12(13)16-11/h6,8H,2-5,7H2,1H3,(H3,13,14,15,16,17). The van der Waals surface area contributed by atoms with Crippen molar-refractivity contribution < 1.29 is 0 Å². The lowest BCUT2D eigenvalue weighted by Gasteiger charge is -2.22. The second kappa shape index (κ2) is 4.44. The van der Waals surface area contributed by atoms with E-state index in [1.54, 1.807) is 6.20 Å². The average molecular weight is 246 g/mol. The minimum Gasteiger partial charge on any atom is -0.368 e. The van der Waals surface area contributed by atoms with Crippen LogP contribution in [0.25, 0.3) is 11.0 Å². The summed E-state index contributed by atoms with van der Waals surface area (Å²) in [6.07, 6.45) is 7.10. The lowest BCUT2D eigenvalue weighted by atomic mass is 10.1. The molecule has 0 aromatic carbocycles. The fourth-order valence-corrected chi connectivity index (χ4v) is 2.79. The van der Waals surface area contributed by atoms with Gasteiger partial charge >= 0.3 is 0 Å². The molecule has 0 spiro atoms. The van der Waals surface area contributed by atoms with Crippen LogP contribution in [0.4, 0.5) is 11.8 Å². The molecule has 0 aliphatic heterocycles. The Kier molecular flexibility index (Phi) is 2.77. The van der Waals surface area contributed by atoms with Gasteiger partial charge in [0.05, 0.1) is 11.6 Å². The molecule has 2 aromatic heterocycles. The van der Waals surface area contributed by atoms with E-state index in [1.807, 2.05) is 0 Å². The van der Waals surface area contributed by atoms with E-state index in [2.05, 4.69) is 32.1 Å². The van der Waals surface area contributed by atoms with Crippen LogP contribution >= 0.6 is 0 Å². The number of nitrogens with one attached hydrogen (secondary N) is 1. The van der Waals surface area contributed by atoms with Crippen LogP contribution in [0.5, 0.6) is 0 Å². The summed E-state index contributed by atoms with van der Waals surface area (Å²) >= 11 is 0. The monoisotopic (exact) mass is 246 g/mol. The number of nitrogens with two attached hydrogens (primary N) is 1. The molecule has 96 valence electrons. The lowest BCUT2D eigenvalue weighted by Crippen LogP contribution is -2.25. The third-order valence-electron chi connectivity index (χ3n) is 3.68. The summed E-state index contributed by atoms with van der Waals surface area (Å²) in [6, 6.07) is 0. The van der Waals surface area contributed by atoms with Gasteiger partial charge in [0.1, 0.15) is 5.82 Å². The van der Waals surface area contributed by atoms with Gasteiger partial charge in [-0.1, -0.05) is 12.8 Å². The number of nitrogen functional groups attached to an aromatic ring is 1. The minimum atomic E-state index is 0.292. The van der Waals surface area contributed by atoms with Crippen LogP contribution in [0.15, 0.2) is 6.20 Å². The van der Waals surface area contributed by atoms with Gasteiger partial charge in [-0.2, -0.15) is 15.1 Å². The van der Waals surface area contributed by atoms with Crippen molar-refractivity contribution in [1.29, 1.82) is 0 Å². The molecule has 3 rings (SSSR count). The van der Waals surface area contributed by atoms with Crippen LogP contribution in [0.1, 0.15) is 25.7 Å². The third-order valence-corrected chi connectivity index (χ3v) is 3.68. The van der Waals surface area contributed by atoms with E-state index in [0.717, 1.165) is 23.7 Å². The number of hydrogen-bond acceptors (Lipinski definition) is 5. The highest BCUT2D eigenvalue weighted by Gasteiger charge is 2.19. The number of hydrogen-bond donors (Lipinski definition) is 2. The molecular weight excluding hydrogens is 228 g/mol. The van der Waals surface area contributed by atoms with Crippen molar-refractivity contribution >= 4 is 22.8 Å². The number of anilines is 2. The highest BCUT2D eigenvalue weighted by atomic mass is 15.2. The molecule has 18 heavy (non-hydrogen) atoms. The highest BCUT2D eigenvalue weighted by Crippen LogP contribution is 2.28. The van der Waals surface area contributed by atoms with Crippen LogP contribution < -0.4 is 10.6 Å². The van der Waals surface area contributed by atoms with Crippen molar-refractivity contribution in [2.45, 2.75) is 25.7 Å². The zero-order valence-electron chi connectivity index (χ0n) is 10.6. The molecule has 6 nitrogen and oxygen atoms in total. The Morgan fingerprint density at radius 1 is 1.39 bits per heavy atom.